The van der Waals surface area contributed by atoms with Gasteiger partial charge in [0.2, 0.25) is 0 Å². The van der Waals surface area contributed by atoms with E-state index in [0.717, 1.165) is 12.8 Å². The maximum absolute atomic E-state index is 12.4. The van der Waals surface area contributed by atoms with Gasteiger partial charge in [0.15, 0.2) is 9.84 Å². The number of hydrogen-bond acceptors (Lipinski definition) is 3. The van der Waals surface area contributed by atoms with Crippen molar-refractivity contribution in [3.05, 3.63) is 33.8 Å². The number of halogens is 2. The Labute approximate surface area is 123 Å². The van der Waals surface area contributed by atoms with Gasteiger partial charge >= 0.3 is 0 Å². The highest BCUT2D eigenvalue weighted by Gasteiger charge is 2.34. The maximum atomic E-state index is 12.4. The minimum absolute atomic E-state index is 0.148. The fraction of sp³-hybridized carbons (Fsp3) is 0.538. The molecule has 2 atom stereocenters. The van der Waals surface area contributed by atoms with Crippen molar-refractivity contribution in [1.82, 2.24) is 0 Å². The second kappa shape index (κ2) is 6.00. The first kappa shape index (κ1) is 15.1. The highest BCUT2D eigenvalue weighted by Crippen LogP contribution is 2.29. The van der Waals surface area contributed by atoms with E-state index in [-0.39, 0.29) is 5.75 Å². The first-order chi connectivity index (χ1) is 8.90. The van der Waals surface area contributed by atoms with E-state index in [4.69, 9.17) is 23.2 Å². The summed E-state index contributed by atoms with van der Waals surface area (Å²) in [5, 5.41) is 10.0. The SMILES string of the molecule is O=S(=O)(Cc1ccc(Cl)cc1Cl)C1CCCCC1O. The summed E-state index contributed by atoms with van der Waals surface area (Å²) in [7, 11) is -3.40. The zero-order chi connectivity index (χ0) is 14.0. The van der Waals surface area contributed by atoms with Gasteiger partial charge in [0, 0.05) is 10.0 Å². The molecule has 3 nitrogen and oxygen atoms in total. The normalized spacial score (nSPS) is 24.4. The molecular formula is C13H16Cl2O3S. The van der Waals surface area contributed by atoms with Crippen LogP contribution in [0.4, 0.5) is 0 Å². The second-order valence-electron chi connectivity index (χ2n) is 4.93. The molecule has 0 heterocycles. The van der Waals surface area contributed by atoms with Gasteiger partial charge in [-0.3, -0.25) is 0 Å². The van der Waals surface area contributed by atoms with Crippen LogP contribution in [0.15, 0.2) is 18.2 Å². The van der Waals surface area contributed by atoms with Gasteiger partial charge in [-0.25, -0.2) is 8.42 Å². The fourth-order valence-corrected chi connectivity index (χ4v) is 5.05. The molecule has 1 aromatic rings. The van der Waals surface area contributed by atoms with Gasteiger partial charge < -0.3 is 5.11 Å². The quantitative estimate of drug-likeness (QED) is 0.929. The summed E-state index contributed by atoms with van der Waals surface area (Å²) >= 11 is 11.8. The van der Waals surface area contributed by atoms with Crippen molar-refractivity contribution >= 4 is 33.0 Å². The third-order valence-corrected chi connectivity index (χ3v) is 6.27. The van der Waals surface area contributed by atoms with Crippen molar-refractivity contribution in [1.29, 1.82) is 0 Å². The highest BCUT2D eigenvalue weighted by molar-refractivity contribution is 7.91. The van der Waals surface area contributed by atoms with E-state index in [9.17, 15) is 13.5 Å². The first-order valence-corrected chi connectivity index (χ1v) is 8.71. The lowest BCUT2D eigenvalue weighted by atomic mass is 9.97. The molecule has 1 N–H and O–H groups in total. The summed E-state index contributed by atoms with van der Waals surface area (Å²) in [4.78, 5) is 0. The third-order valence-electron chi connectivity index (χ3n) is 3.50. The summed E-state index contributed by atoms with van der Waals surface area (Å²) in [6.45, 7) is 0. The van der Waals surface area contributed by atoms with Crippen molar-refractivity contribution in [3.8, 4) is 0 Å². The predicted octanol–water partition coefficient (Wildman–Crippen LogP) is 3.21. The van der Waals surface area contributed by atoms with E-state index in [0.29, 0.717) is 28.5 Å². The van der Waals surface area contributed by atoms with Crippen LogP contribution in [0.3, 0.4) is 0 Å². The van der Waals surface area contributed by atoms with E-state index in [2.05, 4.69) is 0 Å². The lowest BCUT2D eigenvalue weighted by Crippen LogP contribution is -2.37. The highest BCUT2D eigenvalue weighted by atomic mass is 35.5. The molecule has 1 fully saturated rings. The largest absolute Gasteiger partial charge is 0.392 e. The van der Waals surface area contributed by atoms with Gasteiger partial charge in [-0.05, 0) is 30.5 Å². The number of sulfone groups is 1. The Morgan fingerprint density at radius 1 is 1.21 bits per heavy atom. The smallest absolute Gasteiger partial charge is 0.159 e. The van der Waals surface area contributed by atoms with Crippen LogP contribution in [0.2, 0.25) is 10.0 Å². The molecule has 0 aliphatic heterocycles. The van der Waals surface area contributed by atoms with Crippen molar-refractivity contribution in [2.75, 3.05) is 0 Å². The van der Waals surface area contributed by atoms with E-state index in [1.807, 2.05) is 0 Å². The summed E-state index contributed by atoms with van der Waals surface area (Å²) in [6.07, 6.45) is 2.04. The van der Waals surface area contributed by atoms with Crippen molar-refractivity contribution < 1.29 is 13.5 Å². The van der Waals surface area contributed by atoms with Crippen LogP contribution in [0.5, 0.6) is 0 Å². The molecule has 1 aliphatic rings. The zero-order valence-corrected chi connectivity index (χ0v) is 12.7. The van der Waals surface area contributed by atoms with Crippen LogP contribution < -0.4 is 0 Å². The topological polar surface area (TPSA) is 54.4 Å². The van der Waals surface area contributed by atoms with Gasteiger partial charge in [-0.15, -0.1) is 0 Å². The van der Waals surface area contributed by atoms with Crippen LogP contribution in [0.1, 0.15) is 31.2 Å². The van der Waals surface area contributed by atoms with Crippen LogP contribution >= 0.6 is 23.2 Å². The van der Waals surface area contributed by atoms with E-state index in [1.165, 1.54) is 6.07 Å². The van der Waals surface area contributed by atoms with E-state index < -0.39 is 21.2 Å². The van der Waals surface area contributed by atoms with Crippen molar-refractivity contribution in [3.63, 3.8) is 0 Å². The van der Waals surface area contributed by atoms with Gasteiger partial charge in [0.05, 0.1) is 17.1 Å². The van der Waals surface area contributed by atoms with Crippen LogP contribution in [-0.4, -0.2) is 24.9 Å². The van der Waals surface area contributed by atoms with Crippen LogP contribution in [-0.2, 0) is 15.6 Å². The molecule has 106 valence electrons. The van der Waals surface area contributed by atoms with Gasteiger partial charge in [0.25, 0.3) is 0 Å². The number of aliphatic hydroxyl groups is 1. The molecule has 2 rings (SSSR count). The van der Waals surface area contributed by atoms with E-state index in [1.54, 1.807) is 12.1 Å². The molecule has 6 heteroatoms. The maximum Gasteiger partial charge on any atom is 0.159 e. The molecular weight excluding hydrogens is 307 g/mol. The average molecular weight is 323 g/mol. The lowest BCUT2D eigenvalue weighted by Gasteiger charge is -2.27. The summed E-state index contributed by atoms with van der Waals surface area (Å²) in [6, 6.07) is 4.78. The Balaban J connectivity index is 2.20. The summed E-state index contributed by atoms with van der Waals surface area (Å²) < 4.78 is 24.7. The molecule has 0 radical (unpaired) electrons. The minimum Gasteiger partial charge on any atom is -0.392 e. The zero-order valence-electron chi connectivity index (χ0n) is 10.4. The predicted molar refractivity (Wildman–Crippen MR) is 77.3 cm³/mol. The monoisotopic (exact) mass is 322 g/mol. The summed E-state index contributed by atoms with van der Waals surface area (Å²) in [5.74, 6) is -0.148. The molecule has 2 unspecified atom stereocenters. The van der Waals surface area contributed by atoms with Gasteiger partial charge in [0.1, 0.15) is 0 Å². The van der Waals surface area contributed by atoms with Gasteiger partial charge in [-0.2, -0.15) is 0 Å². The Kier molecular flexibility index (Phi) is 4.77. The van der Waals surface area contributed by atoms with Crippen LogP contribution in [0.25, 0.3) is 0 Å². The first-order valence-electron chi connectivity index (χ1n) is 6.24. The van der Waals surface area contributed by atoms with Crippen LogP contribution in [0, 0.1) is 0 Å². The van der Waals surface area contributed by atoms with Crippen molar-refractivity contribution in [2.24, 2.45) is 0 Å². The summed E-state index contributed by atoms with van der Waals surface area (Å²) in [5.41, 5.74) is 0.531. The van der Waals surface area contributed by atoms with E-state index >= 15 is 0 Å². The number of aliphatic hydroxyl groups excluding tert-OH is 1. The molecule has 0 spiro atoms. The molecule has 0 aromatic heterocycles. The fourth-order valence-electron chi connectivity index (χ4n) is 2.46. The van der Waals surface area contributed by atoms with Gasteiger partial charge in [-0.1, -0.05) is 42.1 Å². The number of hydrogen-bond donors (Lipinski definition) is 1. The average Bonchev–Trinajstić information content (AvgIpc) is 2.33. The lowest BCUT2D eigenvalue weighted by molar-refractivity contribution is 0.133. The Bertz CT molecular complexity index is 557. The molecule has 0 bridgehead atoms. The molecule has 0 amide bonds. The second-order valence-corrected chi connectivity index (χ2v) is 8.00. The van der Waals surface area contributed by atoms with Crippen molar-refractivity contribution in [2.45, 2.75) is 42.8 Å². The molecule has 1 aliphatic carbocycles. The third kappa shape index (κ3) is 3.63. The standard InChI is InChI=1S/C13H16Cl2O3S/c14-10-6-5-9(11(15)7-10)8-19(17,18)13-4-2-1-3-12(13)16/h5-7,12-13,16H,1-4,8H2. The molecule has 19 heavy (non-hydrogen) atoms. The number of benzene rings is 1. The Hall–Kier alpha value is -0.290. The molecule has 1 aromatic carbocycles. The Morgan fingerprint density at radius 2 is 1.89 bits per heavy atom. The number of rotatable bonds is 3. The molecule has 1 saturated carbocycles. The molecule has 0 saturated heterocycles. The minimum atomic E-state index is -3.40. The Morgan fingerprint density at radius 3 is 2.53 bits per heavy atom.